The van der Waals surface area contributed by atoms with Crippen molar-refractivity contribution in [3.8, 4) is 6.07 Å². The van der Waals surface area contributed by atoms with E-state index in [1.165, 1.54) is 6.20 Å². The third-order valence-electron chi connectivity index (χ3n) is 2.86. The Kier molecular flexibility index (Phi) is 5.40. The van der Waals surface area contributed by atoms with Gasteiger partial charge in [-0.3, -0.25) is 0 Å². The van der Waals surface area contributed by atoms with Crippen LogP contribution in [0.3, 0.4) is 0 Å². The molecule has 1 aromatic rings. The van der Waals surface area contributed by atoms with Gasteiger partial charge >= 0.3 is 0 Å². The second kappa shape index (κ2) is 6.82. The third kappa shape index (κ3) is 3.90. The molecule has 0 saturated carbocycles. The Morgan fingerprint density at radius 2 is 2.17 bits per heavy atom. The van der Waals surface area contributed by atoms with Crippen molar-refractivity contribution in [1.82, 2.24) is 9.88 Å². The SMILES string of the molecule is CCN(CC)CC(C)Nc1ncc(C#N)cc1N. The molecule has 98 valence electrons. The molecule has 0 aromatic carbocycles. The lowest BCUT2D eigenvalue weighted by Crippen LogP contribution is -2.35. The number of pyridine rings is 1. The van der Waals surface area contributed by atoms with Crippen LogP contribution < -0.4 is 11.1 Å². The van der Waals surface area contributed by atoms with Gasteiger partial charge in [-0.1, -0.05) is 13.8 Å². The Balaban J connectivity index is 2.65. The molecule has 1 aromatic heterocycles. The van der Waals surface area contributed by atoms with Crippen molar-refractivity contribution in [2.75, 3.05) is 30.7 Å². The predicted octanol–water partition coefficient (Wildman–Crippen LogP) is 1.68. The molecule has 0 aliphatic heterocycles. The minimum atomic E-state index is 0.257. The Morgan fingerprint density at radius 3 is 2.67 bits per heavy atom. The normalized spacial score (nSPS) is 12.2. The Morgan fingerprint density at radius 1 is 1.50 bits per heavy atom. The molecule has 0 aliphatic carbocycles. The molecule has 1 atom stereocenters. The number of nitrogens with two attached hydrogens (primary N) is 1. The number of anilines is 2. The first-order valence-electron chi connectivity index (χ1n) is 6.25. The molecule has 0 amide bonds. The number of likely N-dealkylation sites (N-methyl/N-ethyl adjacent to an activating group) is 1. The van der Waals surface area contributed by atoms with Gasteiger partial charge < -0.3 is 16.0 Å². The lowest BCUT2D eigenvalue weighted by Gasteiger charge is -2.24. The largest absolute Gasteiger partial charge is 0.396 e. The van der Waals surface area contributed by atoms with Gasteiger partial charge in [0.05, 0.1) is 11.3 Å². The van der Waals surface area contributed by atoms with E-state index in [-0.39, 0.29) is 6.04 Å². The van der Waals surface area contributed by atoms with Gasteiger partial charge in [-0.15, -0.1) is 0 Å². The number of rotatable bonds is 6. The molecular weight excluding hydrogens is 226 g/mol. The summed E-state index contributed by atoms with van der Waals surface area (Å²) >= 11 is 0. The third-order valence-corrected chi connectivity index (χ3v) is 2.86. The fourth-order valence-electron chi connectivity index (χ4n) is 1.81. The molecule has 0 aliphatic rings. The smallest absolute Gasteiger partial charge is 0.149 e. The molecule has 5 heteroatoms. The van der Waals surface area contributed by atoms with Crippen LogP contribution in [0.4, 0.5) is 11.5 Å². The van der Waals surface area contributed by atoms with Gasteiger partial charge in [-0.2, -0.15) is 5.26 Å². The second-order valence-corrected chi connectivity index (χ2v) is 4.30. The molecule has 1 heterocycles. The van der Waals surface area contributed by atoms with Crippen molar-refractivity contribution < 1.29 is 0 Å². The molecule has 1 unspecified atom stereocenters. The summed E-state index contributed by atoms with van der Waals surface area (Å²) in [6.45, 7) is 9.37. The number of aromatic nitrogens is 1. The summed E-state index contributed by atoms with van der Waals surface area (Å²) in [5.41, 5.74) is 6.85. The molecule has 0 radical (unpaired) electrons. The quantitative estimate of drug-likeness (QED) is 0.799. The maximum Gasteiger partial charge on any atom is 0.149 e. The van der Waals surface area contributed by atoms with Gasteiger partial charge in [0.25, 0.3) is 0 Å². The molecular formula is C13H21N5. The van der Waals surface area contributed by atoms with Gasteiger partial charge in [0, 0.05) is 18.8 Å². The summed E-state index contributed by atoms with van der Waals surface area (Å²) < 4.78 is 0. The van der Waals surface area contributed by atoms with Crippen molar-refractivity contribution in [2.24, 2.45) is 0 Å². The van der Waals surface area contributed by atoms with Crippen molar-refractivity contribution in [1.29, 1.82) is 5.26 Å². The Hall–Kier alpha value is -1.80. The summed E-state index contributed by atoms with van der Waals surface area (Å²) in [5.74, 6) is 0.647. The van der Waals surface area contributed by atoms with Crippen molar-refractivity contribution in [3.05, 3.63) is 17.8 Å². The Bertz CT molecular complexity index is 420. The van der Waals surface area contributed by atoms with Crippen molar-refractivity contribution >= 4 is 11.5 Å². The monoisotopic (exact) mass is 247 g/mol. The average Bonchev–Trinajstić information content (AvgIpc) is 2.38. The summed E-state index contributed by atoms with van der Waals surface area (Å²) in [6.07, 6.45) is 1.53. The van der Waals surface area contributed by atoms with Crippen LogP contribution >= 0.6 is 0 Å². The van der Waals surface area contributed by atoms with Crippen molar-refractivity contribution in [3.63, 3.8) is 0 Å². The van der Waals surface area contributed by atoms with Crippen LogP contribution in [0.1, 0.15) is 26.3 Å². The van der Waals surface area contributed by atoms with Gasteiger partial charge in [0.2, 0.25) is 0 Å². The lowest BCUT2D eigenvalue weighted by molar-refractivity contribution is 0.294. The molecule has 1 rings (SSSR count). The molecule has 18 heavy (non-hydrogen) atoms. The fraction of sp³-hybridized carbons (Fsp3) is 0.538. The van der Waals surface area contributed by atoms with Gasteiger partial charge in [-0.05, 0) is 26.1 Å². The summed E-state index contributed by atoms with van der Waals surface area (Å²) in [4.78, 5) is 6.50. The highest BCUT2D eigenvalue weighted by molar-refractivity contribution is 5.63. The first kappa shape index (κ1) is 14.3. The highest BCUT2D eigenvalue weighted by Gasteiger charge is 2.09. The fourth-order valence-corrected chi connectivity index (χ4v) is 1.81. The average molecular weight is 247 g/mol. The van der Waals surface area contributed by atoms with Crippen LogP contribution in [0.2, 0.25) is 0 Å². The zero-order chi connectivity index (χ0) is 13.5. The highest BCUT2D eigenvalue weighted by atomic mass is 15.1. The predicted molar refractivity (Wildman–Crippen MR) is 74.2 cm³/mol. The van der Waals surface area contributed by atoms with E-state index in [0.29, 0.717) is 17.1 Å². The highest BCUT2D eigenvalue weighted by Crippen LogP contribution is 2.16. The van der Waals surface area contributed by atoms with Crippen LogP contribution in [0.25, 0.3) is 0 Å². The number of nitriles is 1. The van der Waals surface area contributed by atoms with E-state index in [1.54, 1.807) is 6.07 Å². The molecule has 0 saturated heterocycles. The first-order chi connectivity index (χ1) is 8.60. The number of nitrogens with zero attached hydrogens (tertiary/aromatic N) is 3. The van der Waals surface area contributed by atoms with Crippen LogP contribution in [0.5, 0.6) is 0 Å². The zero-order valence-corrected chi connectivity index (χ0v) is 11.3. The van der Waals surface area contributed by atoms with Crippen LogP contribution in [-0.2, 0) is 0 Å². The van der Waals surface area contributed by atoms with Crippen molar-refractivity contribution in [2.45, 2.75) is 26.8 Å². The summed E-state index contributed by atoms with van der Waals surface area (Å²) in [7, 11) is 0. The van der Waals surface area contributed by atoms with E-state index >= 15 is 0 Å². The standard InChI is InChI=1S/C13H21N5/c1-4-18(5-2)9-10(3)17-13-12(15)6-11(7-14)8-16-13/h6,8,10H,4-5,9,15H2,1-3H3,(H,16,17). The minimum absolute atomic E-state index is 0.257. The van der Waals surface area contributed by atoms with Crippen LogP contribution in [0.15, 0.2) is 12.3 Å². The van der Waals surface area contributed by atoms with E-state index in [2.05, 4.69) is 36.0 Å². The van der Waals surface area contributed by atoms with E-state index in [0.717, 1.165) is 19.6 Å². The molecule has 5 nitrogen and oxygen atoms in total. The zero-order valence-electron chi connectivity index (χ0n) is 11.3. The molecule has 0 bridgehead atoms. The molecule has 0 spiro atoms. The first-order valence-corrected chi connectivity index (χ1v) is 6.25. The second-order valence-electron chi connectivity index (χ2n) is 4.30. The maximum absolute atomic E-state index is 8.74. The van der Waals surface area contributed by atoms with E-state index in [9.17, 15) is 0 Å². The molecule has 0 fully saturated rings. The van der Waals surface area contributed by atoms with Gasteiger partial charge in [0.15, 0.2) is 0 Å². The summed E-state index contributed by atoms with van der Waals surface area (Å²) in [5, 5.41) is 12.0. The summed E-state index contributed by atoms with van der Waals surface area (Å²) in [6, 6.07) is 3.92. The van der Waals surface area contributed by atoms with Gasteiger partial charge in [-0.25, -0.2) is 4.98 Å². The van der Waals surface area contributed by atoms with E-state index in [1.807, 2.05) is 6.07 Å². The lowest BCUT2D eigenvalue weighted by atomic mass is 10.2. The number of hydrogen-bond acceptors (Lipinski definition) is 5. The minimum Gasteiger partial charge on any atom is -0.396 e. The molecule has 3 N–H and O–H groups in total. The Labute approximate surface area is 109 Å². The number of hydrogen-bond donors (Lipinski definition) is 2. The maximum atomic E-state index is 8.74. The van der Waals surface area contributed by atoms with Crippen LogP contribution in [0, 0.1) is 11.3 Å². The topological polar surface area (TPSA) is 78.0 Å². The number of nitrogen functional groups attached to an aromatic ring is 1. The van der Waals surface area contributed by atoms with Crippen LogP contribution in [-0.4, -0.2) is 35.6 Å². The van der Waals surface area contributed by atoms with Gasteiger partial charge in [0.1, 0.15) is 11.9 Å². The van der Waals surface area contributed by atoms with E-state index in [4.69, 9.17) is 11.0 Å². The number of nitrogens with one attached hydrogen (secondary N) is 1. The van der Waals surface area contributed by atoms with E-state index < -0.39 is 0 Å².